The van der Waals surface area contributed by atoms with Gasteiger partial charge in [0.2, 0.25) is 5.91 Å². The molecule has 0 N–H and O–H groups in total. The molecule has 0 saturated carbocycles. The Morgan fingerprint density at radius 1 is 0.840 bits per heavy atom. The summed E-state index contributed by atoms with van der Waals surface area (Å²) in [7, 11) is 2.03. The van der Waals surface area contributed by atoms with Crippen LogP contribution >= 0.6 is 0 Å². The number of likely N-dealkylation sites (N-methyl/N-ethyl adjacent to an activating group) is 1. The van der Waals surface area contributed by atoms with E-state index in [2.05, 4.69) is 70.5 Å². The summed E-state index contributed by atoms with van der Waals surface area (Å²) >= 11 is 0. The molecule has 25 heavy (non-hydrogen) atoms. The van der Waals surface area contributed by atoms with Crippen molar-refractivity contribution in [1.82, 2.24) is 9.80 Å². The lowest BCUT2D eigenvalue weighted by atomic mass is 9.97. The van der Waals surface area contributed by atoms with E-state index in [1.54, 1.807) is 0 Å². The molecule has 132 valence electrons. The summed E-state index contributed by atoms with van der Waals surface area (Å²) in [6.07, 6.45) is 4.12. The van der Waals surface area contributed by atoms with Crippen molar-refractivity contribution in [3.8, 4) is 0 Å². The average molecular weight is 336 g/mol. The van der Waals surface area contributed by atoms with Crippen LogP contribution in [0.3, 0.4) is 0 Å². The highest BCUT2D eigenvalue weighted by molar-refractivity contribution is 5.79. The fourth-order valence-electron chi connectivity index (χ4n) is 3.60. The molecule has 0 aromatic heterocycles. The van der Waals surface area contributed by atoms with E-state index in [9.17, 15) is 4.79 Å². The minimum Gasteiger partial charge on any atom is -0.337 e. The predicted octanol–water partition coefficient (Wildman–Crippen LogP) is 3.39. The zero-order valence-electron chi connectivity index (χ0n) is 15.1. The molecule has 1 aliphatic heterocycles. The first kappa shape index (κ1) is 17.7. The minimum absolute atomic E-state index is 0.278. The average Bonchev–Trinajstić information content (AvgIpc) is 2.64. The topological polar surface area (TPSA) is 23.6 Å². The second-order valence-electron chi connectivity index (χ2n) is 7.03. The fourth-order valence-corrected chi connectivity index (χ4v) is 3.60. The first-order chi connectivity index (χ1) is 12.2. The van der Waals surface area contributed by atoms with Gasteiger partial charge in [0.05, 0.1) is 6.54 Å². The Morgan fingerprint density at radius 2 is 1.36 bits per heavy atom. The molecule has 1 aliphatic rings. The molecule has 3 rings (SSSR count). The molecular weight excluding hydrogens is 308 g/mol. The van der Waals surface area contributed by atoms with Gasteiger partial charge in [-0.3, -0.25) is 9.69 Å². The van der Waals surface area contributed by atoms with Crippen molar-refractivity contribution < 1.29 is 4.79 Å². The van der Waals surface area contributed by atoms with Crippen molar-refractivity contribution in [2.24, 2.45) is 0 Å². The van der Waals surface area contributed by atoms with Crippen LogP contribution in [0.2, 0.25) is 0 Å². The number of hydrogen-bond donors (Lipinski definition) is 0. The van der Waals surface area contributed by atoms with Gasteiger partial charge >= 0.3 is 0 Å². The standard InChI is InChI=1S/C22H28N2O/c1-23-16-17-24(22(25)18-23)21(14-12-19-8-4-2-5-9-19)15-13-20-10-6-3-7-11-20/h2-11,21H,12-18H2,1H3. The third kappa shape index (κ3) is 5.17. The van der Waals surface area contributed by atoms with Crippen molar-refractivity contribution in [3.05, 3.63) is 71.8 Å². The number of hydrogen-bond acceptors (Lipinski definition) is 2. The van der Waals surface area contributed by atoms with E-state index < -0.39 is 0 Å². The van der Waals surface area contributed by atoms with Gasteiger partial charge in [0.25, 0.3) is 0 Å². The van der Waals surface area contributed by atoms with Crippen molar-refractivity contribution in [2.75, 3.05) is 26.7 Å². The van der Waals surface area contributed by atoms with Crippen LogP contribution in [0.5, 0.6) is 0 Å². The quantitative estimate of drug-likeness (QED) is 0.774. The molecule has 0 atom stereocenters. The Labute approximate surface area is 151 Å². The van der Waals surface area contributed by atoms with Crippen LogP contribution in [-0.4, -0.2) is 48.4 Å². The predicted molar refractivity (Wildman–Crippen MR) is 103 cm³/mol. The highest BCUT2D eigenvalue weighted by Crippen LogP contribution is 2.18. The number of carbonyl (C=O) groups is 1. The fraction of sp³-hybridized carbons (Fsp3) is 0.409. The third-order valence-corrected chi connectivity index (χ3v) is 5.11. The maximum atomic E-state index is 12.6. The van der Waals surface area contributed by atoms with E-state index in [1.165, 1.54) is 11.1 Å². The van der Waals surface area contributed by atoms with Crippen LogP contribution in [0.25, 0.3) is 0 Å². The Morgan fingerprint density at radius 3 is 1.84 bits per heavy atom. The van der Waals surface area contributed by atoms with E-state index in [0.29, 0.717) is 12.6 Å². The van der Waals surface area contributed by atoms with Crippen LogP contribution in [0, 0.1) is 0 Å². The number of rotatable bonds is 7. The summed E-state index contributed by atoms with van der Waals surface area (Å²) in [4.78, 5) is 16.8. The van der Waals surface area contributed by atoms with Crippen molar-refractivity contribution in [3.63, 3.8) is 0 Å². The Hall–Kier alpha value is -2.13. The number of carbonyl (C=O) groups excluding carboxylic acids is 1. The summed E-state index contributed by atoms with van der Waals surface area (Å²) in [6.45, 7) is 2.37. The first-order valence-corrected chi connectivity index (χ1v) is 9.28. The minimum atomic E-state index is 0.278. The molecule has 2 aromatic carbocycles. The SMILES string of the molecule is CN1CCN(C(CCc2ccccc2)CCc2ccccc2)C(=O)C1. The lowest BCUT2D eigenvalue weighted by Crippen LogP contribution is -2.53. The molecule has 1 heterocycles. The number of piperazine rings is 1. The van der Waals surface area contributed by atoms with Gasteiger partial charge in [-0.05, 0) is 43.9 Å². The molecule has 2 aromatic rings. The van der Waals surface area contributed by atoms with E-state index in [1.807, 2.05) is 7.05 Å². The Kier molecular flexibility index (Phi) is 6.24. The normalized spacial score (nSPS) is 15.8. The van der Waals surface area contributed by atoms with Gasteiger partial charge in [-0.1, -0.05) is 60.7 Å². The van der Waals surface area contributed by atoms with Crippen LogP contribution in [-0.2, 0) is 17.6 Å². The first-order valence-electron chi connectivity index (χ1n) is 9.28. The number of aryl methyl sites for hydroxylation is 2. The van der Waals surface area contributed by atoms with E-state index in [0.717, 1.165) is 38.8 Å². The summed E-state index contributed by atoms with van der Waals surface area (Å²) in [6, 6.07) is 21.5. The molecule has 0 radical (unpaired) electrons. The van der Waals surface area contributed by atoms with Gasteiger partial charge in [-0.25, -0.2) is 0 Å². The highest BCUT2D eigenvalue weighted by atomic mass is 16.2. The molecule has 1 fully saturated rings. The zero-order valence-corrected chi connectivity index (χ0v) is 15.1. The summed E-state index contributed by atoms with van der Waals surface area (Å²) in [5, 5.41) is 0. The van der Waals surface area contributed by atoms with Crippen molar-refractivity contribution >= 4 is 5.91 Å². The number of amides is 1. The largest absolute Gasteiger partial charge is 0.337 e. The van der Waals surface area contributed by atoms with Crippen LogP contribution in [0.1, 0.15) is 24.0 Å². The van der Waals surface area contributed by atoms with Gasteiger partial charge in [-0.2, -0.15) is 0 Å². The number of benzene rings is 2. The Balaban J connectivity index is 1.65. The third-order valence-electron chi connectivity index (χ3n) is 5.11. The monoisotopic (exact) mass is 336 g/mol. The second-order valence-corrected chi connectivity index (χ2v) is 7.03. The van der Waals surface area contributed by atoms with Gasteiger partial charge in [0, 0.05) is 19.1 Å². The highest BCUT2D eigenvalue weighted by Gasteiger charge is 2.27. The second kappa shape index (κ2) is 8.82. The smallest absolute Gasteiger partial charge is 0.237 e. The molecule has 3 heteroatoms. The molecule has 0 spiro atoms. The summed E-state index contributed by atoms with van der Waals surface area (Å²) in [5.41, 5.74) is 2.71. The van der Waals surface area contributed by atoms with E-state index in [-0.39, 0.29) is 5.91 Å². The molecule has 0 unspecified atom stereocenters. The lowest BCUT2D eigenvalue weighted by Gasteiger charge is -2.38. The van der Waals surface area contributed by atoms with Crippen LogP contribution < -0.4 is 0 Å². The van der Waals surface area contributed by atoms with Gasteiger partial charge in [0.15, 0.2) is 0 Å². The van der Waals surface area contributed by atoms with Crippen LogP contribution in [0.15, 0.2) is 60.7 Å². The van der Waals surface area contributed by atoms with Crippen LogP contribution in [0.4, 0.5) is 0 Å². The summed E-state index contributed by atoms with van der Waals surface area (Å²) in [5.74, 6) is 0.278. The van der Waals surface area contributed by atoms with Crippen molar-refractivity contribution in [2.45, 2.75) is 31.7 Å². The van der Waals surface area contributed by atoms with Crippen molar-refractivity contribution in [1.29, 1.82) is 0 Å². The molecule has 0 aliphatic carbocycles. The van der Waals surface area contributed by atoms with Gasteiger partial charge < -0.3 is 4.90 Å². The van der Waals surface area contributed by atoms with Gasteiger partial charge in [0.1, 0.15) is 0 Å². The summed E-state index contributed by atoms with van der Waals surface area (Å²) < 4.78 is 0. The molecule has 0 bridgehead atoms. The molecule has 1 saturated heterocycles. The molecule has 3 nitrogen and oxygen atoms in total. The zero-order chi connectivity index (χ0) is 17.5. The number of nitrogens with zero attached hydrogens (tertiary/aromatic N) is 2. The van der Waals surface area contributed by atoms with E-state index in [4.69, 9.17) is 0 Å². The van der Waals surface area contributed by atoms with Gasteiger partial charge in [-0.15, -0.1) is 0 Å². The molecule has 1 amide bonds. The lowest BCUT2D eigenvalue weighted by molar-refractivity contribution is -0.138. The van der Waals surface area contributed by atoms with E-state index >= 15 is 0 Å². The molecular formula is C22H28N2O. The Bertz CT molecular complexity index is 613. The maximum absolute atomic E-state index is 12.6. The maximum Gasteiger partial charge on any atom is 0.237 e.